The van der Waals surface area contributed by atoms with Gasteiger partial charge in [-0.15, -0.1) is 0 Å². The smallest absolute Gasteiger partial charge is 0.329 e. The zero-order valence-corrected chi connectivity index (χ0v) is 54.9. The molecule has 21 heteroatoms. The van der Waals surface area contributed by atoms with Crippen molar-refractivity contribution < 1.29 is 77.2 Å². The molecule has 0 radical (unpaired) electrons. The number of aliphatic hydroxyl groups is 3. The SMILES string of the molecule is CCCOCCC(=O)N1CCN(c2ncc(CCC(=O)O[C@@H]3CC[C@@H](C[C@@H](C)[C@@H]4C[C@@H](O)[C@H](C)/C=C(\C)[C@@H](O)[C@@H](OC)C(=O)[C@H](C)C[C@H](C)/C=C/C=C/C=C(\C)[C@@H](OC)C[C@@H]5CC[C@@H](C)[C@@](O)(O5)C(=O)C(=O)N5CCCC[C@H]5C(=O)O4)C[C@H]3OC)cn2)CC1. The van der Waals surface area contributed by atoms with Gasteiger partial charge in [0.15, 0.2) is 5.78 Å². The van der Waals surface area contributed by atoms with Crippen LogP contribution in [0.25, 0.3) is 0 Å². The largest absolute Gasteiger partial charge is 0.460 e. The quantitative estimate of drug-likeness (QED) is 0.0629. The topological polar surface area (TPSA) is 263 Å². The molecular formula is C68H105N5O16. The van der Waals surface area contributed by atoms with Crippen LogP contribution in [0.15, 0.2) is 60.0 Å². The van der Waals surface area contributed by atoms with Crippen LogP contribution < -0.4 is 4.90 Å². The highest BCUT2D eigenvalue weighted by atomic mass is 16.6. The highest BCUT2D eigenvalue weighted by molar-refractivity contribution is 6.39. The first-order valence-corrected chi connectivity index (χ1v) is 32.8. The average Bonchev–Trinajstić information content (AvgIpc) is 3.70. The zero-order chi connectivity index (χ0) is 65.0. The van der Waals surface area contributed by atoms with E-state index >= 15 is 0 Å². The highest BCUT2D eigenvalue weighted by Crippen LogP contribution is 2.39. The van der Waals surface area contributed by atoms with Gasteiger partial charge in [0.05, 0.1) is 37.4 Å². The number of fused-ring (bicyclic) bond motifs is 3. The molecular weight excluding hydrogens is 1140 g/mol. The highest BCUT2D eigenvalue weighted by Gasteiger charge is 2.53. The van der Waals surface area contributed by atoms with Crippen LogP contribution in [0.2, 0.25) is 0 Å². The second-order valence-electron chi connectivity index (χ2n) is 25.9. The number of aromatic nitrogens is 2. The first-order valence-electron chi connectivity index (χ1n) is 32.8. The standard InChI is InChI=1S/C68H105N5O16/c1-12-33-86-34-27-59(75)71-29-31-72(32-30-71)67-69-41-51(42-70-67)23-26-60(76)87-55-25-22-50(38-58(55)84-10)37-46(5)57-40-54(74)45(4)36-48(7)62(78)63(85-11)61(77)47(6)35-43(2)18-14-13-15-19-44(3)56(83-9)39-52-24-21-49(8)68(82,89-52)64(79)65(80)73-28-17-16-20-53(73)66(81)88-57/h13-15,18-19,36,41-43,45-47,49-50,52-58,62-63,74,78,82H,12,16-17,20-35,37-40H2,1-11H3/b15-13+,18-14+,44-19+,48-36+/t43-,45-,46-,47-,49-,50+,52+,53+,54-,55-,56+,57+,58-,62-,63+,68-/m1/s1. The van der Waals surface area contributed by atoms with Crippen LogP contribution in [-0.4, -0.2) is 198 Å². The van der Waals surface area contributed by atoms with Gasteiger partial charge in [0, 0.05) is 110 Å². The fraction of sp³-hybridized carbons (Fsp3) is 0.735. The molecule has 4 aliphatic heterocycles. The molecule has 1 saturated carbocycles. The molecule has 1 aromatic rings. The average molecular weight is 1250 g/mol. The summed E-state index contributed by atoms with van der Waals surface area (Å²) in [5.74, 6) is -7.49. The van der Waals surface area contributed by atoms with Crippen LogP contribution in [-0.2, 0) is 68.3 Å². The minimum absolute atomic E-state index is 0.00336. The molecule has 89 heavy (non-hydrogen) atoms. The van der Waals surface area contributed by atoms with Crippen LogP contribution >= 0.6 is 0 Å². The molecule has 4 fully saturated rings. The lowest BCUT2D eigenvalue weighted by Crippen LogP contribution is -2.61. The second kappa shape index (κ2) is 35.5. The van der Waals surface area contributed by atoms with Crippen molar-refractivity contribution >= 4 is 41.3 Å². The van der Waals surface area contributed by atoms with Gasteiger partial charge in [0.1, 0.15) is 30.5 Å². The van der Waals surface area contributed by atoms with Gasteiger partial charge < -0.3 is 63.2 Å². The van der Waals surface area contributed by atoms with Crippen LogP contribution in [0.5, 0.6) is 0 Å². The van der Waals surface area contributed by atoms with E-state index in [0.29, 0.717) is 128 Å². The van der Waals surface area contributed by atoms with E-state index in [1.165, 1.54) is 12.0 Å². The number of hydrogen-bond acceptors (Lipinski definition) is 19. The number of aryl methyl sites for hydroxylation is 1. The van der Waals surface area contributed by atoms with Crippen molar-refractivity contribution in [3.05, 3.63) is 65.6 Å². The molecule has 5 aliphatic rings. The van der Waals surface area contributed by atoms with Crippen LogP contribution in [0, 0.1) is 35.5 Å². The van der Waals surface area contributed by atoms with Gasteiger partial charge in [0.2, 0.25) is 17.6 Å². The molecule has 5 heterocycles. The number of allylic oxidation sites excluding steroid dienone is 5. The third-order valence-corrected chi connectivity index (χ3v) is 19.0. The number of piperidine rings is 1. The number of esters is 2. The number of methoxy groups -OCH3 is 3. The molecule has 3 saturated heterocycles. The monoisotopic (exact) mass is 1250 g/mol. The first kappa shape index (κ1) is 72.8. The van der Waals surface area contributed by atoms with Crippen molar-refractivity contribution in [3.8, 4) is 0 Å². The summed E-state index contributed by atoms with van der Waals surface area (Å²) in [7, 11) is 4.56. The summed E-state index contributed by atoms with van der Waals surface area (Å²) >= 11 is 0. The summed E-state index contributed by atoms with van der Waals surface area (Å²) in [4.78, 5) is 97.9. The predicted molar refractivity (Wildman–Crippen MR) is 335 cm³/mol. The third-order valence-electron chi connectivity index (χ3n) is 19.0. The Morgan fingerprint density at radius 3 is 2.21 bits per heavy atom. The minimum atomic E-state index is -2.46. The van der Waals surface area contributed by atoms with Gasteiger partial charge in [-0.3, -0.25) is 24.0 Å². The third kappa shape index (κ3) is 20.6. The van der Waals surface area contributed by atoms with Crippen molar-refractivity contribution in [1.82, 2.24) is 19.8 Å². The molecule has 21 nitrogen and oxygen atoms in total. The lowest BCUT2D eigenvalue weighted by atomic mass is 9.78. The summed E-state index contributed by atoms with van der Waals surface area (Å²) in [6.07, 6.45) is 15.2. The van der Waals surface area contributed by atoms with Crippen molar-refractivity contribution in [2.45, 2.75) is 219 Å². The molecule has 498 valence electrons. The van der Waals surface area contributed by atoms with Crippen LogP contribution in [0.4, 0.5) is 5.95 Å². The zero-order valence-electron chi connectivity index (χ0n) is 54.9. The Morgan fingerprint density at radius 1 is 0.798 bits per heavy atom. The molecule has 2 amide bonds. The van der Waals surface area contributed by atoms with Gasteiger partial charge in [-0.25, -0.2) is 14.8 Å². The number of nitrogens with zero attached hydrogens (tertiary/aromatic N) is 5. The number of rotatable bonds is 16. The van der Waals surface area contributed by atoms with E-state index in [1.807, 2.05) is 74.8 Å². The summed E-state index contributed by atoms with van der Waals surface area (Å²) in [5, 5.41) is 35.8. The Labute approximate surface area is 528 Å². The van der Waals surface area contributed by atoms with Crippen molar-refractivity contribution in [1.29, 1.82) is 0 Å². The Hall–Kier alpha value is -5.26. The van der Waals surface area contributed by atoms with Gasteiger partial charge in [-0.05, 0) is 125 Å². The lowest BCUT2D eigenvalue weighted by molar-refractivity contribution is -0.265. The van der Waals surface area contributed by atoms with Crippen LogP contribution in [0.3, 0.4) is 0 Å². The Bertz CT molecular complexity index is 2590. The molecule has 0 unspecified atom stereocenters. The maximum Gasteiger partial charge on any atom is 0.329 e. The number of anilines is 1. The molecule has 0 spiro atoms. The molecule has 2 bridgehead atoms. The molecule has 6 rings (SSSR count). The van der Waals surface area contributed by atoms with E-state index in [1.54, 1.807) is 53.5 Å². The molecule has 1 aromatic heterocycles. The van der Waals surface area contributed by atoms with E-state index < -0.39 is 96.1 Å². The number of amides is 2. The number of hydrogen-bond donors (Lipinski definition) is 3. The maximum atomic E-state index is 14.7. The molecule has 16 atom stereocenters. The molecule has 1 aliphatic carbocycles. The normalized spacial score (nSPS) is 34.5. The summed E-state index contributed by atoms with van der Waals surface area (Å²) in [6.45, 7) is 18.4. The van der Waals surface area contributed by atoms with Gasteiger partial charge in [0.25, 0.3) is 11.7 Å². The van der Waals surface area contributed by atoms with Gasteiger partial charge >= 0.3 is 11.9 Å². The minimum Gasteiger partial charge on any atom is -0.460 e. The fourth-order valence-electron chi connectivity index (χ4n) is 13.2. The van der Waals surface area contributed by atoms with E-state index in [0.717, 1.165) is 17.6 Å². The summed E-state index contributed by atoms with van der Waals surface area (Å²) < 4.78 is 41.7. The van der Waals surface area contributed by atoms with Gasteiger partial charge in [-0.2, -0.15) is 0 Å². The number of carbonyl (C=O) groups excluding carboxylic acids is 6. The number of ether oxygens (including phenoxy) is 7. The Kier molecular flexibility index (Phi) is 29.1. The summed E-state index contributed by atoms with van der Waals surface area (Å²) in [6, 6.07) is -1.17. The maximum absolute atomic E-state index is 14.7. The number of cyclic esters (lactones) is 1. The Morgan fingerprint density at radius 2 is 1.53 bits per heavy atom. The number of piperazine rings is 1. The first-order chi connectivity index (χ1) is 42.5. The Balaban J connectivity index is 1.15. The van der Waals surface area contributed by atoms with Gasteiger partial charge in [-0.1, -0.05) is 78.0 Å². The van der Waals surface area contributed by atoms with Crippen molar-refractivity contribution in [2.24, 2.45) is 35.5 Å². The van der Waals surface area contributed by atoms with E-state index in [-0.39, 0.29) is 61.2 Å². The second-order valence-corrected chi connectivity index (χ2v) is 25.9. The van der Waals surface area contributed by atoms with Crippen LogP contribution in [0.1, 0.15) is 157 Å². The molecule has 3 N–H and O–H groups in total. The number of aliphatic hydroxyl groups excluding tert-OH is 2. The van der Waals surface area contributed by atoms with E-state index in [4.69, 9.17) is 33.2 Å². The fourth-order valence-corrected chi connectivity index (χ4v) is 13.2. The van der Waals surface area contributed by atoms with Crippen molar-refractivity contribution in [2.75, 3.05) is 72.2 Å². The number of carbonyl (C=O) groups is 6. The van der Waals surface area contributed by atoms with E-state index in [2.05, 4.69) is 9.97 Å². The lowest BCUT2D eigenvalue weighted by Gasteiger charge is -2.43. The number of ketones is 2. The van der Waals surface area contributed by atoms with E-state index in [9.17, 15) is 44.1 Å². The predicted octanol–water partition coefficient (Wildman–Crippen LogP) is 7.41. The summed E-state index contributed by atoms with van der Waals surface area (Å²) in [5.41, 5.74) is 2.08. The number of Topliss-reactive ketones (excluding diaryl/α,β-unsaturated/α-hetero) is 2. The molecule has 0 aromatic carbocycles. The van der Waals surface area contributed by atoms with Crippen molar-refractivity contribution in [3.63, 3.8) is 0 Å².